The molecule has 0 aliphatic heterocycles. The first-order valence-corrected chi connectivity index (χ1v) is 8.44. The minimum Gasteiger partial charge on any atom is -0.458 e. The van der Waals surface area contributed by atoms with Crippen LogP contribution in [0.25, 0.3) is 10.2 Å². The fourth-order valence-corrected chi connectivity index (χ4v) is 3.72. The molecule has 0 bridgehead atoms. The van der Waals surface area contributed by atoms with E-state index in [0.717, 1.165) is 25.7 Å². The van der Waals surface area contributed by atoms with Crippen molar-refractivity contribution in [1.29, 1.82) is 0 Å². The van der Waals surface area contributed by atoms with Crippen molar-refractivity contribution in [3.05, 3.63) is 23.2 Å². The molecule has 1 amide bonds. The summed E-state index contributed by atoms with van der Waals surface area (Å²) in [4.78, 5) is 29.4. The second kappa shape index (κ2) is 6.95. The number of thiophene rings is 1. The number of esters is 1. The Labute approximate surface area is 137 Å². The Morgan fingerprint density at radius 2 is 2.09 bits per heavy atom. The highest BCUT2D eigenvalue weighted by molar-refractivity contribution is 7.21. The van der Waals surface area contributed by atoms with Crippen LogP contribution in [0.3, 0.4) is 0 Å². The summed E-state index contributed by atoms with van der Waals surface area (Å²) in [5, 5.41) is 3.32. The first-order valence-electron chi connectivity index (χ1n) is 7.62. The number of nitrogens with one attached hydrogen (secondary N) is 1. The summed E-state index contributed by atoms with van der Waals surface area (Å²) in [6.07, 6.45) is 6.13. The standard InChI is InChI=1S/C16H18N2O4S/c1-21-16(20)18-12-11-8-5-9-17-14(11)23-13(12)15(19)22-10-6-3-2-4-7-10/h5,8-10H,2-4,6-7H2,1H3,(H,18,20). The van der Waals surface area contributed by atoms with E-state index in [-0.39, 0.29) is 6.10 Å². The van der Waals surface area contributed by atoms with E-state index in [4.69, 9.17) is 4.74 Å². The summed E-state index contributed by atoms with van der Waals surface area (Å²) < 4.78 is 10.3. The van der Waals surface area contributed by atoms with Gasteiger partial charge in [-0.2, -0.15) is 0 Å². The number of nitrogens with zero attached hydrogens (tertiary/aromatic N) is 1. The number of carbonyl (C=O) groups excluding carboxylic acids is 2. The lowest BCUT2D eigenvalue weighted by Gasteiger charge is -2.21. The topological polar surface area (TPSA) is 77.5 Å². The third-order valence-corrected chi connectivity index (χ3v) is 4.98. The van der Waals surface area contributed by atoms with Gasteiger partial charge in [0.1, 0.15) is 15.8 Å². The Morgan fingerprint density at radius 3 is 2.83 bits per heavy atom. The maximum atomic E-state index is 12.5. The zero-order valence-electron chi connectivity index (χ0n) is 12.8. The zero-order chi connectivity index (χ0) is 16.2. The predicted molar refractivity (Wildman–Crippen MR) is 87.9 cm³/mol. The van der Waals surface area contributed by atoms with Gasteiger partial charge in [-0.3, -0.25) is 5.32 Å². The van der Waals surface area contributed by atoms with E-state index in [1.54, 1.807) is 12.3 Å². The lowest BCUT2D eigenvalue weighted by atomic mass is 9.98. The van der Waals surface area contributed by atoms with Gasteiger partial charge in [-0.15, -0.1) is 11.3 Å². The molecule has 2 aromatic heterocycles. The number of hydrogen-bond acceptors (Lipinski definition) is 6. The number of hydrogen-bond donors (Lipinski definition) is 1. The molecule has 1 saturated carbocycles. The van der Waals surface area contributed by atoms with Crippen LogP contribution in [0.15, 0.2) is 18.3 Å². The molecule has 122 valence electrons. The molecule has 7 heteroatoms. The van der Waals surface area contributed by atoms with E-state index in [9.17, 15) is 9.59 Å². The van der Waals surface area contributed by atoms with Gasteiger partial charge in [0.25, 0.3) is 0 Å². The SMILES string of the molecule is COC(=O)Nc1c(C(=O)OC2CCCCC2)sc2ncccc12. The van der Waals surface area contributed by atoms with E-state index < -0.39 is 12.1 Å². The Morgan fingerprint density at radius 1 is 1.30 bits per heavy atom. The lowest BCUT2D eigenvalue weighted by Crippen LogP contribution is -2.21. The number of fused-ring (bicyclic) bond motifs is 1. The second-order valence-corrected chi connectivity index (χ2v) is 6.44. The van der Waals surface area contributed by atoms with Crippen molar-refractivity contribution in [1.82, 2.24) is 4.98 Å². The van der Waals surface area contributed by atoms with E-state index in [1.807, 2.05) is 6.07 Å². The molecular weight excluding hydrogens is 316 g/mol. The Balaban J connectivity index is 1.90. The van der Waals surface area contributed by atoms with Gasteiger partial charge < -0.3 is 9.47 Å². The second-order valence-electron chi connectivity index (χ2n) is 5.44. The molecule has 0 saturated heterocycles. The van der Waals surface area contributed by atoms with Crippen LogP contribution in [0.2, 0.25) is 0 Å². The van der Waals surface area contributed by atoms with Gasteiger partial charge in [0, 0.05) is 11.6 Å². The van der Waals surface area contributed by atoms with Crippen LogP contribution in [-0.4, -0.2) is 30.3 Å². The molecule has 1 aliphatic rings. The normalized spacial score (nSPS) is 15.3. The average Bonchev–Trinajstić information content (AvgIpc) is 2.94. The van der Waals surface area contributed by atoms with Gasteiger partial charge >= 0.3 is 12.1 Å². The highest BCUT2D eigenvalue weighted by Crippen LogP contribution is 2.36. The average molecular weight is 334 g/mol. The summed E-state index contributed by atoms with van der Waals surface area (Å²) in [7, 11) is 1.28. The maximum Gasteiger partial charge on any atom is 0.411 e. The molecule has 1 aliphatic carbocycles. The van der Waals surface area contributed by atoms with Crippen molar-refractivity contribution in [2.45, 2.75) is 38.2 Å². The van der Waals surface area contributed by atoms with E-state index in [1.165, 1.54) is 24.9 Å². The Kier molecular flexibility index (Phi) is 4.76. The molecule has 3 rings (SSSR count). The van der Waals surface area contributed by atoms with E-state index in [0.29, 0.717) is 20.8 Å². The van der Waals surface area contributed by atoms with Crippen LogP contribution in [0.1, 0.15) is 41.8 Å². The van der Waals surface area contributed by atoms with Gasteiger partial charge in [-0.05, 0) is 37.8 Å². The van der Waals surface area contributed by atoms with Crippen LogP contribution in [-0.2, 0) is 9.47 Å². The molecule has 0 aromatic carbocycles. The molecule has 2 aromatic rings. The number of carbonyl (C=O) groups is 2. The number of anilines is 1. The van der Waals surface area contributed by atoms with E-state index in [2.05, 4.69) is 15.0 Å². The highest BCUT2D eigenvalue weighted by Gasteiger charge is 2.25. The molecule has 23 heavy (non-hydrogen) atoms. The van der Waals surface area contributed by atoms with Crippen molar-refractivity contribution in [3.63, 3.8) is 0 Å². The van der Waals surface area contributed by atoms with Crippen molar-refractivity contribution in [2.75, 3.05) is 12.4 Å². The van der Waals surface area contributed by atoms with E-state index >= 15 is 0 Å². The molecule has 0 atom stereocenters. The smallest absolute Gasteiger partial charge is 0.411 e. The maximum absolute atomic E-state index is 12.5. The highest BCUT2D eigenvalue weighted by atomic mass is 32.1. The summed E-state index contributed by atoms with van der Waals surface area (Å²) in [6.45, 7) is 0. The zero-order valence-corrected chi connectivity index (χ0v) is 13.6. The van der Waals surface area contributed by atoms with Crippen LogP contribution < -0.4 is 5.32 Å². The predicted octanol–water partition coefficient (Wildman–Crippen LogP) is 3.96. The molecule has 0 unspecified atom stereocenters. The van der Waals surface area contributed by atoms with Crippen molar-refractivity contribution in [2.24, 2.45) is 0 Å². The van der Waals surface area contributed by atoms with Crippen LogP contribution in [0.4, 0.5) is 10.5 Å². The minimum atomic E-state index is -0.625. The van der Waals surface area contributed by atoms with Crippen LogP contribution >= 0.6 is 11.3 Å². The first-order chi connectivity index (χ1) is 11.2. The molecule has 0 spiro atoms. The summed E-state index contributed by atoms with van der Waals surface area (Å²) in [6, 6.07) is 3.56. The first kappa shape index (κ1) is 15.7. The molecule has 6 nitrogen and oxygen atoms in total. The summed E-state index contributed by atoms with van der Waals surface area (Å²) >= 11 is 1.22. The third-order valence-electron chi connectivity index (χ3n) is 3.89. The number of amides is 1. The van der Waals surface area contributed by atoms with Crippen molar-refractivity contribution in [3.8, 4) is 0 Å². The molecule has 1 fully saturated rings. The van der Waals surface area contributed by atoms with Crippen molar-refractivity contribution < 1.29 is 19.1 Å². The van der Waals surface area contributed by atoms with Gasteiger partial charge in [0.2, 0.25) is 0 Å². The molecule has 0 radical (unpaired) electrons. The summed E-state index contributed by atoms with van der Waals surface area (Å²) in [5.41, 5.74) is 0.408. The lowest BCUT2D eigenvalue weighted by molar-refractivity contribution is 0.0218. The largest absolute Gasteiger partial charge is 0.458 e. The number of rotatable bonds is 3. The molecule has 1 N–H and O–H groups in total. The Hall–Kier alpha value is -2.15. The van der Waals surface area contributed by atoms with Crippen LogP contribution in [0.5, 0.6) is 0 Å². The Bertz CT molecular complexity index is 722. The monoisotopic (exact) mass is 334 g/mol. The van der Waals surface area contributed by atoms with Gasteiger partial charge in [-0.25, -0.2) is 14.6 Å². The fourth-order valence-electron chi connectivity index (χ4n) is 2.74. The minimum absolute atomic E-state index is 0.0413. The number of aromatic nitrogens is 1. The summed E-state index contributed by atoms with van der Waals surface area (Å²) in [5.74, 6) is -0.411. The quantitative estimate of drug-likeness (QED) is 0.860. The molecule has 2 heterocycles. The fraction of sp³-hybridized carbons (Fsp3) is 0.438. The number of ether oxygens (including phenoxy) is 2. The van der Waals surface area contributed by atoms with Crippen molar-refractivity contribution >= 4 is 39.3 Å². The molecular formula is C16H18N2O4S. The van der Waals surface area contributed by atoms with Gasteiger partial charge in [0.15, 0.2) is 0 Å². The van der Waals surface area contributed by atoms with Gasteiger partial charge in [-0.1, -0.05) is 6.42 Å². The van der Waals surface area contributed by atoms with Crippen LogP contribution in [0, 0.1) is 0 Å². The van der Waals surface area contributed by atoms with Gasteiger partial charge in [0.05, 0.1) is 12.8 Å². The number of pyridine rings is 1. The third kappa shape index (κ3) is 3.44. The number of methoxy groups -OCH3 is 1.